The van der Waals surface area contributed by atoms with Crippen molar-refractivity contribution in [3.05, 3.63) is 0 Å². The lowest BCUT2D eigenvalue weighted by Crippen LogP contribution is -2.61. The molecule has 0 aromatic heterocycles. The predicted octanol–water partition coefficient (Wildman–Crippen LogP) is 4.17. The van der Waals surface area contributed by atoms with Gasteiger partial charge >= 0.3 is 5.97 Å². The number of rotatable bonds is 13. The van der Waals surface area contributed by atoms with Crippen LogP contribution in [0.15, 0.2) is 5.16 Å². The Morgan fingerprint density at radius 2 is 1.53 bits per heavy atom. The van der Waals surface area contributed by atoms with Crippen LogP contribution in [0.3, 0.4) is 0 Å². The Bertz CT molecular complexity index is 1300. The Labute approximate surface area is 348 Å². The molecular weight excluding hydrogens is 752 g/mol. The van der Waals surface area contributed by atoms with Gasteiger partial charge in [-0.15, -0.1) is 0 Å². The van der Waals surface area contributed by atoms with Gasteiger partial charge in [0.1, 0.15) is 30.5 Å². The van der Waals surface area contributed by atoms with E-state index in [2.05, 4.69) is 12.1 Å². The van der Waals surface area contributed by atoms with Crippen molar-refractivity contribution in [1.82, 2.24) is 4.90 Å². The van der Waals surface area contributed by atoms with Crippen LogP contribution in [0.4, 0.5) is 0 Å². The highest BCUT2D eigenvalue weighted by Crippen LogP contribution is 2.41. The highest BCUT2D eigenvalue weighted by Gasteiger charge is 2.53. The van der Waals surface area contributed by atoms with Gasteiger partial charge < -0.3 is 63.7 Å². The van der Waals surface area contributed by atoms with Crippen molar-refractivity contribution in [2.45, 2.75) is 212 Å². The summed E-state index contributed by atoms with van der Waals surface area (Å²) in [5.74, 6) is -3.90. The molecule has 0 aromatic carbocycles. The van der Waals surface area contributed by atoms with E-state index in [1.54, 1.807) is 48.5 Å². The molecule has 0 bridgehead atoms. The van der Waals surface area contributed by atoms with Gasteiger partial charge in [-0.25, -0.2) is 0 Å². The lowest BCUT2D eigenvalue weighted by molar-refractivity contribution is -0.317. The Morgan fingerprint density at radius 3 is 2.12 bits per heavy atom. The average molecular weight is 833 g/mol. The molecule has 0 aromatic rings. The number of cyclic esters (lactones) is 1. The molecule has 58 heavy (non-hydrogen) atoms. The maximum atomic E-state index is 14.3. The van der Waals surface area contributed by atoms with Crippen LogP contribution < -0.4 is 0 Å². The van der Waals surface area contributed by atoms with Gasteiger partial charge in [0.05, 0.1) is 53.4 Å². The van der Waals surface area contributed by atoms with E-state index in [0.29, 0.717) is 18.7 Å². The summed E-state index contributed by atoms with van der Waals surface area (Å²) in [6.45, 7) is 19.7. The molecule has 15 heteroatoms. The molecule has 15 nitrogen and oxygen atoms in total. The van der Waals surface area contributed by atoms with Crippen LogP contribution in [0.5, 0.6) is 0 Å². The molecule has 5 N–H and O–H groups in total. The minimum absolute atomic E-state index is 0.0301. The van der Waals surface area contributed by atoms with Crippen molar-refractivity contribution in [3.8, 4) is 0 Å². The van der Waals surface area contributed by atoms with Crippen molar-refractivity contribution in [3.63, 3.8) is 0 Å². The second-order valence-electron chi connectivity index (χ2n) is 18.5. The van der Waals surface area contributed by atoms with Gasteiger partial charge in [-0.2, -0.15) is 0 Å². The van der Waals surface area contributed by atoms with E-state index in [1.165, 1.54) is 14.0 Å². The second-order valence-corrected chi connectivity index (χ2v) is 18.5. The van der Waals surface area contributed by atoms with E-state index >= 15 is 0 Å². The first-order valence-corrected chi connectivity index (χ1v) is 21.7. The minimum Gasteiger partial charge on any atom is -0.459 e. The summed E-state index contributed by atoms with van der Waals surface area (Å²) in [5, 5.41) is 63.9. The summed E-state index contributed by atoms with van der Waals surface area (Å²) in [6.07, 6.45) is -5.20. The first-order chi connectivity index (χ1) is 27.0. The smallest absolute Gasteiger partial charge is 0.311 e. The fraction of sp³-hybridized carbons (Fsp3) is 0.953. The number of aliphatic hydroxyl groups is 5. The molecule has 3 aliphatic heterocycles. The number of esters is 1. The number of carbonyl (C=O) groups excluding carboxylic acids is 1. The summed E-state index contributed by atoms with van der Waals surface area (Å²) in [7, 11) is 5.26. The van der Waals surface area contributed by atoms with Gasteiger partial charge in [0.2, 0.25) is 0 Å². The normalized spacial score (nSPS) is 45.8. The van der Waals surface area contributed by atoms with E-state index < -0.39 is 102 Å². The van der Waals surface area contributed by atoms with Crippen LogP contribution in [-0.4, -0.2) is 154 Å². The number of methoxy groups -OCH3 is 1. The topological polar surface area (TPSA) is 198 Å². The number of aliphatic hydroxyl groups excluding tert-OH is 3. The van der Waals surface area contributed by atoms with E-state index in [0.717, 1.165) is 25.7 Å². The largest absolute Gasteiger partial charge is 0.459 e. The predicted molar refractivity (Wildman–Crippen MR) is 219 cm³/mol. The van der Waals surface area contributed by atoms with E-state index in [9.17, 15) is 30.3 Å². The Balaban J connectivity index is 2.22. The van der Waals surface area contributed by atoms with Crippen LogP contribution in [0.1, 0.15) is 128 Å². The fourth-order valence-electron chi connectivity index (χ4n) is 9.31. The van der Waals surface area contributed by atoms with Crippen molar-refractivity contribution in [2.75, 3.05) is 27.8 Å². The van der Waals surface area contributed by atoms with E-state index in [4.69, 9.17) is 33.3 Å². The van der Waals surface area contributed by atoms with Crippen LogP contribution in [-0.2, 0) is 38.1 Å². The lowest BCUT2D eigenvalue weighted by atomic mass is 9.73. The Kier molecular flexibility index (Phi) is 18.9. The molecular formula is C43H80N2O13. The molecule has 3 heterocycles. The molecule has 3 rings (SSSR count). The van der Waals surface area contributed by atoms with Gasteiger partial charge in [0.25, 0.3) is 0 Å². The molecule has 18 atom stereocenters. The summed E-state index contributed by atoms with van der Waals surface area (Å²) in [6, 6.07) is -0.308. The van der Waals surface area contributed by atoms with Crippen molar-refractivity contribution in [2.24, 2.45) is 28.8 Å². The zero-order chi connectivity index (χ0) is 43.9. The van der Waals surface area contributed by atoms with Crippen LogP contribution >= 0.6 is 0 Å². The third kappa shape index (κ3) is 12.1. The summed E-state index contributed by atoms with van der Waals surface area (Å²) < 4.78 is 37.8. The SMILES string of the molecule is CCCCCCO/N=C1\[C@H](C)CC(C)(O)[C@H](O[C@@H]2O[C@H](C)C[C@H](N(C)C)[C@H]2O)[C@@H](C)[C@H](OC2C[C@@](C)(OC)[C@@H](O)[C@H](C)O2)[C@@H](C)C(=O)O[C@@H](CC)[C@@](C)(O)[C@H](O)[C@@H]1C. The molecule has 0 aliphatic carbocycles. The molecule has 2 unspecified atom stereocenters. The number of hydrogen-bond donors (Lipinski definition) is 5. The maximum Gasteiger partial charge on any atom is 0.311 e. The lowest BCUT2D eigenvalue weighted by Gasteiger charge is -2.49. The molecule has 3 aliphatic rings. The van der Waals surface area contributed by atoms with E-state index in [1.807, 2.05) is 32.8 Å². The zero-order valence-corrected chi connectivity index (χ0v) is 37.9. The fourth-order valence-corrected chi connectivity index (χ4v) is 9.31. The number of hydrogen-bond acceptors (Lipinski definition) is 15. The number of carbonyl (C=O) groups is 1. The van der Waals surface area contributed by atoms with Crippen molar-refractivity contribution in [1.29, 1.82) is 0 Å². The van der Waals surface area contributed by atoms with Gasteiger partial charge in [-0.1, -0.05) is 52.6 Å². The van der Waals surface area contributed by atoms with Gasteiger partial charge in [-0.05, 0) is 87.7 Å². The third-order valence-electron chi connectivity index (χ3n) is 13.1. The van der Waals surface area contributed by atoms with Crippen LogP contribution in [0.25, 0.3) is 0 Å². The first-order valence-electron chi connectivity index (χ1n) is 21.7. The van der Waals surface area contributed by atoms with Crippen molar-refractivity contribution >= 4 is 11.7 Å². The van der Waals surface area contributed by atoms with Crippen molar-refractivity contribution < 1.29 is 63.6 Å². The molecule has 0 spiro atoms. The quantitative estimate of drug-likeness (QED) is 0.101. The maximum absolute atomic E-state index is 14.3. The molecule has 0 amide bonds. The molecule has 3 fully saturated rings. The summed E-state index contributed by atoms with van der Waals surface area (Å²) >= 11 is 0. The number of likely N-dealkylation sites (N-methyl/N-ethyl adjacent to an activating group) is 1. The molecule has 340 valence electrons. The van der Waals surface area contributed by atoms with Gasteiger partial charge in [0.15, 0.2) is 12.6 Å². The first kappa shape index (κ1) is 50.9. The summed E-state index contributed by atoms with van der Waals surface area (Å²) in [4.78, 5) is 22.1. The number of oxime groups is 1. The molecule has 0 radical (unpaired) electrons. The average Bonchev–Trinajstić information content (AvgIpc) is 3.15. The molecule has 3 saturated heterocycles. The summed E-state index contributed by atoms with van der Waals surface area (Å²) in [5.41, 5.74) is -4.27. The highest BCUT2D eigenvalue weighted by atomic mass is 16.7. The van der Waals surface area contributed by atoms with Crippen LogP contribution in [0, 0.1) is 23.7 Å². The molecule has 0 saturated carbocycles. The zero-order valence-electron chi connectivity index (χ0n) is 37.9. The highest BCUT2D eigenvalue weighted by molar-refractivity contribution is 5.88. The second kappa shape index (κ2) is 21.5. The van der Waals surface area contributed by atoms with Crippen LogP contribution in [0.2, 0.25) is 0 Å². The Hall–Kier alpha value is -1.50. The number of unbranched alkanes of at least 4 members (excludes halogenated alkanes) is 3. The standard InChI is InChI=1S/C43H80N2O13/c1-15-17-18-19-20-53-44-33-24(3)22-41(9,50)38(58-40-34(46)30(45(12)13)21-25(4)54-40)27(6)35(57-32-23-42(10,52-14)37(48)29(8)55-32)28(7)39(49)56-31(16-2)43(11,51)36(47)26(33)5/h24-32,34-38,40,46-48,50-51H,15-23H2,1-14H3/b44-33+/t24-,25-,26-,27+,28-,29+,30+,31+,32?,34-,35+,36-,37+,38-,40+,41?,42-,43-/m1/s1. The third-order valence-corrected chi connectivity index (χ3v) is 13.1. The van der Waals surface area contributed by atoms with E-state index in [-0.39, 0.29) is 31.4 Å². The monoisotopic (exact) mass is 833 g/mol. The minimum atomic E-state index is -1.92. The Morgan fingerprint density at radius 1 is 0.879 bits per heavy atom. The number of ether oxygens (including phenoxy) is 6. The van der Waals surface area contributed by atoms with Gasteiger partial charge in [-0.3, -0.25) is 4.79 Å². The number of nitrogens with zero attached hydrogens (tertiary/aromatic N) is 2. The van der Waals surface area contributed by atoms with Gasteiger partial charge in [0, 0.05) is 37.3 Å².